The molecule has 1 fully saturated rings. The molecule has 1 aliphatic heterocycles. The maximum Gasteiger partial charge on any atom is 0.248 e. The molecule has 7 heteroatoms. The summed E-state index contributed by atoms with van der Waals surface area (Å²) in [6.45, 7) is 6.80. The van der Waals surface area contributed by atoms with Crippen LogP contribution in [0.15, 0.2) is 52.4 Å². The summed E-state index contributed by atoms with van der Waals surface area (Å²) in [7, 11) is 0. The zero-order chi connectivity index (χ0) is 20.2. The lowest BCUT2D eigenvalue weighted by Gasteiger charge is -2.41. The van der Waals surface area contributed by atoms with Crippen LogP contribution in [-0.2, 0) is 16.1 Å². The van der Waals surface area contributed by atoms with Gasteiger partial charge in [-0.2, -0.15) is 0 Å². The lowest BCUT2D eigenvalue weighted by atomic mass is 10.1. The van der Waals surface area contributed by atoms with Gasteiger partial charge in [-0.1, -0.05) is 23.4 Å². The molecular weight excluding hydrogens is 386 g/mol. The Morgan fingerprint density at radius 1 is 1.28 bits per heavy atom. The Bertz CT molecular complexity index is 954. The van der Waals surface area contributed by atoms with Crippen molar-refractivity contribution in [2.45, 2.75) is 26.5 Å². The fourth-order valence-corrected chi connectivity index (χ4v) is 4.30. The smallest absolute Gasteiger partial charge is 0.248 e. The van der Waals surface area contributed by atoms with Crippen LogP contribution < -0.4 is 4.90 Å². The zero-order valence-electron chi connectivity index (χ0n) is 16.7. The van der Waals surface area contributed by atoms with Crippen LogP contribution in [0.3, 0.4) is 0 Å². The minimum Gasteiger partial charge on any atom is -0.365 e. The van der Waals surface area contributed by atoms with Crippen LogP contribution in [0, 0.1) is 6.92 Å². The molecule has 1 atom stereocenters. The Labute approximate surface area is 174 Å². The summed E-state index contributed by atoms with van der Waals surface area (Å²) < 4.78 is 10.9. The van der Waals surface area contributed by atoms with E-state index in [4.69, 9.17) is 9.26 Å². The van der Waals surface area contributed by atoms with Gasteiger partial charge in [0, 0.05) is 37.4 Å². The lowest BCUT2D eigenvalue weighted by Crippen LogP contribution is -2.54. The third kappa shape index (κ3) is 4.68. The first-order valence-corrected chi connectivity index (χ1v) is 10.7. The molecule has 29 heavy (non-hydrogen) atoms. The van der Waals surface area contributed by atoms with Gasteiger partial charge in [-0.25, -0.2) is 0 Å². The van der Waals surface area contributed by atoms with Crippen LogP contribution >= 0.6 is 11.3 Å². The van der Waals surface area contributed by atoms with Crippen LogP contribution in [-0.4, -0.2) is 48.2 Å². The summed E-state index contributed by atoms with van der Waals surface area (Å²) >= 11 is 1.60. The van der Waals surface area contributed by atoms with Crippen molar-refractivity contribution >= 4 is 22.9 Å². The second-order valence-corrected chi connectivity index (χ2v) is 8.32. The van der Waals surface area contributed by atoms with Crippen LogP contribution in [0.25, 0.3) is 10.6 Å². The van der Waals surface area contributed by atoms with Crippen LogP contribution in [0.1, 0.15) is 18.2 Å². The number of hydrogen-bond donors (Lipinski definition) is 0. The summed E-state index contributed by atoms with van der Waals surface area (Å²) in [6.07, 6.45) is 0. The van der Waals surface area contributed by atoms with E-state index in [9.17, 15) is 4.79 Å². The molecule has 1 aliphatic rings. The number of thiophene rings is 1. The summed E-state index contributed by atoms with van der Waals surface area (Å²) in [5.74, 6) is 0.744. The van der Waals surface area contributed by atoms with E-state index >= 15 is 0 Å². The molecule has 0 N–H and O–H groups in total. The lowest BCUT2D eigenvalue weighted by molar-refractivity contribution is -0.137. The molecule has 0 bridgehead atoms. The predicted molar refractivity (Wildman–Crippen MR) is 114 cm³/mol. The highest BCUT2D eigenvalue weighted by Gasteiger charge is 2.27. The average molecular weight is 412 g/mol. The van der Waals surface area contributed by atoms with E-state index in [1.54, 1.807) is 11.3 Å². The van der Waals surface area contributed by atoms with E-state index in [-0.39, 0.29) is 25.2 Å². The first kappa shape index (κ1) is 19.7. The van der Waals surface area contributed by atoms with Crippen molar-refractivity contribution in [2.24, 2.45) is 0 Å². The first-order chi connectivity index (χ1) is 14.1. The molecule has 0 radical (unpaired) electrons. The molecule has 3 heterocycles. The molecule has 152 valence electrons. The summed E-state index contributed by atoms with van der Waals surface area (Å²) in [5, 5.41) is 6.01. The summed E-state index contributed by atoms with van der Waals surface area (Å²) in [6, 6.07) is 14.6. The molecule has 4 rings (SSSR count). The van der Waals surface area contributed by atoms with E-state index in [2.05, 4.69) is 48.2 Å². The number of rotatable bonds is 6. The minimum atomic E-state index is 0.0164. The van der Waals surface area contributed by atoms with Crippen LogP contribution in [0.2, 0.25) is 0 Å². The largest absolute Gasteiger partial charge is 0.365 e. The Morgan fingerprint density at radius 2 is 2.17 bits per heavy atom. The second-order valence-electron chi connectivity index (χ2n) is 7.37. The van der Waals surface area contributed by atoms with Crippen molar-refractivity contribution in [1.82, 2.24) is 10.1 Å². The Kier molecular flexibility index (Phi) is 5.97. The van der Waals surface area contributed by atoms with Crippen molar-refractivity contribution in [3.63, 3.8) is 0 Å². The number of aryl methyl sites for hydroxylation is 1. The number of nitrogens with zero attached hydrogens (tertiary/aromatic N) is 3. The van der Waals surface area contributed by atoms with Gasteiger partial charge in [0.25, 0.3) is 0 Å². The molecule has 1 aromatic carbocycles. The average Bonchev–Trinajstić information content (AvgIpc) is 3.39. The number of ether oxygens (including phenoxy) is 1. The van der Waals surface area contributed by atoms with E-state index in [1.807, 2.05) is 28.5 Å². The molecule has 1 saturated heterocycles. The second kappa shape index (κ2) is 8.80. The van der Waals surface area contributed by atoms with Gasteiger partial charge in [0.2, 0.25) is 5.91 Å². The van der Waals surface area contributed by atoms with Crippen molar-refractivity contribution in [3.05, 3.63) is 59.1 Å². The van der Waals surface area contributed by atoms with Gasteiger partial charge in [0.05, 0.1) is 11.5 Å². The number of carbonyl (C=O) groups is 1. The highest BCUT2D eigenvalue weighted by Crippen LogP contribution is 2.25. The van der Waals surface area contributed by atoms with Crippen LogP contribution in [0.5, 0.6) is 0 Å². The van der Waals surface area contributed by atoms with Crippen LogP contribution in [0.4, 0.5) is 5.69 Å². The summed E-state index contributed by atoms with van der Waals surface area (Å²) in [4.78, 5) is 17.8. The standard InChI is InChI=1S/C22H25N3O3S/c1-16-5-3-6-19(11-16)25-9-8-24(13-17(25)2)22(26)15-27-14-18-12-20(28-23-18)21-7-4-10-29-21/h3-7,10-12,17H,8-9,13-15H2,1-2H3/t17-/m0/s1. The van der Waals surface area contributed by atoms with Crippen molar-refractivity contribution in [1.29, 1.82) is 0 Å². The highest BCUT2D eigenvalue weighted by atomic mass is 32.1. The number of hydrogen-bond acceptors (Lipinski definition) is 6. The van der Waals surface area contributed by atoms with Crippen molar-refractivity contribution in [3.8, 4) is 10.6 Å². The van der Waals surface area contributed by atoms with Gasteiger partial charge in [0.1, 0.15) is 12.3 Å². The van der Waals surface area contributed by atoms with Gasteiger partial charge in [0.15, 0.2) is 5.76 Å². The van der Waals surface area contributed by atoms with Gasteiger partial charge < -0.3 is 19.1 Å². The molecule has 0 aliphatic carbocycles. The van der Waals surface area contributed by atoms with Gasteiger partial charge in [-0.15, -0.1) is 11.3 Å². The third-order valence-electron chi connectivity index (χ3n) is 5.11. The third-order valence-corrected chi connectivity index (χ3v) is 6.00. The number of piperazine rings is 1. The molecule has 2 aromatic heterocycles. The SMILES string of the molecule is Cc1cccc(N2CCN(C(=O)COCc3cc(-c4cccs4)on3)C[C@@H]2C)c1. The molecule has 6 nitrogen and oxygen atoms in total. The number of aromatic nitrogens is 1. The molecule has 0 unspecified atom stereocenters. The molecule has 3 aromatic rings. The molecular formula is C22H25N3O3S. The first-order valence-electron chi connectivity index (χ1n) is 9.78. The van der Waals surface area contributed by atoms with Crippen molar-refractivity contribution in [2.75, 3.05) is 31.1 Å². The zero-order valence-corrected chi connectivity index (χ0v) is 17.5. The maximum absolute atomic E-state index is 12.6. The summed E-state index contributed by atoms with van der Waals surface area (Å²) in [5.41, 5.74) is 3.16. The Balaban J connectivity index is 1.25. The quantitative estimate of drug-likeness (QED) is 0.614. The van der Waals surface area contributed by atoms with Gasteiger partial charge >= 0.3 is 0 Å². The van der Waals surface area contributed by atoms with E-state index in [1.165, 1.54) is 11.3 Å². The monoisotopic (exact) mass is 411 g/mol. The number of carbonyl (C=O) groups excluding carboxylic acids is 1. The Morgan fingerprint density at radius 3 is 2.93 bits per heavy atom. The van der Waals surface area contributed by atoms with Gasteiger partial charge in [-0.05, 0) is 43.0 Å². The number of anilines is 1. The molecule has 0 saturated carbocycles. The topological polar surface area (TPSA) is 58.8 Å². The van der Waals surface area contributed by atoms with Gasteiger partial charge in [-0.3, -0.25) is 4.79 Å². The fourth-order valence-electron chi connectivity index (χ4n) is 3.62. The molecule has 1 amide bonds. The normalized spacial score (nSPS) is 17.0. The van der Waals surface area contributed by atoms with E-state index in [0.29, 0.717) is 18.8 Å². The number of amides is 1. The Hall–Kier alpha value is -2.64. The fraction of sp³-hybridized carbons (Fsp3) is 0.364. The minimum absolute atomic E-state index is 0.0164. The number of benzene rings is 1. The van der Waals surface area contributed by atoms with Crippen molar-refractivity contribution < 1.29 is 14.1 Å². The van der Waals surface area contributed by atoms with E-state index in [0.717, 1.165) is 17.2 Å². The molecule has 0 spiro atoms. The maximum atomic E-state index is 12.6. The predicted octanol–water partition coefficient (Wildman–Crippen LogP) is 3.97. The van der Waals surface area contributed by atoms with E-state index < -0.39 is 0 Å². The highest BCUT2D eigenvalue weighted by molar-refractivity contribution is 7.13.